The second kappa shape index (κ2) is 7.78. The molecule has 0 aromatic heterocycles. The second-order valence-corrected chi connectivity index (χ2v) is 8.73. The quantitative estimate of drug-likeness (QED) is 0.166. The summed E-state index contributed by atoms with van der Waals surface area (Å²) in [7, 11) is 0. The van der Waals surface area contributed by atoms with Crippen molar-refractivity contribution in [3.05, 3.63) is 82.9 Å². The van der Waals surface area contributed by atoms with Gasteiger partial charge in [-0.1, -0.05) is 24.3 Å². The van der Waals surface area contributed by atoms with Gasteiger partial charge < -0.3 is 40.1 Å². The van der Waals surface area contributed by atoms with Crippen LogP contribution in [0.2, 0.25) is 0 Å². The van der Waals surface area contributed by atoms with E-state index in [9.17, 15) is 30.6 Å². The number of aromatic hydroxyl groups is 6. The van der Waals surface area contributed by atoms with Gasteiger partial charge in [0.15, 0.2) is 35.2 Å². The van der Waals surface area contributed by atoms with Gasteiger partial charge in [-0.2, -0.15) is 0 Å². The van der Waals surface area contributed by atoms with E-state index in [4.69, 9.17) is 9.47 Å². The van der Waals surface area contributed by atoms with Crippen LogP contribution < -0.4 is 9.47 Å². The van der Waals surface area contributed by atoms with E-state index >= 15 is 0 Å². The molecule has 4 aromatic carbocycles. The van der Waals surface area contributed by atoms with Gasteiger partial charge in [0, 0.05) is 34.4 Å². The highest BCUT2D eigenvalue weighted by Crippen LogP contribution is 2.58. The highest BCUT2D eigenvalue weighted by Gasteiger charge is 2.43. The summed E-state index contributed by atoms with van der Waals surface area (Å²) < 4.78 is 12.6. The molecule has 2 atom stereocenters. The van der Waals surface area contributed by atoms with E-state index in [1.54, 1.807) is 30.4 Å². The third kappa shape index (κ3) is 3.39. The van der Waals surface area contributed by atoms with Crippen molar-refractivity contribution in [2.75, 3.05) is 0 Å². The number of hydrogen-bond acceptors (Lipinski definition) is 8. The zero-order valence-corrected chi connectivity index (χ0v) is 18.6. The largest absolute Gasteiger partial charge is 0.508 e. The van der Waals surface area contributed by atoms with Crippen molar-refractivity contribution < 1.29 is 40.1 Å². The number of fused-ring (bicyclic) bond motifs is 7. The van der Waals surface area contributed by atoms with Crippen molar-refractivity contribution in [1.82, 2.24) is 0 Å². The Morgan fingerprint density at radius 2 is 1.19 bits per heavy atom. The number of benzene rings is 4. The highest BCUT2D eigenvalue weighted by molar-refractivity contribution is 5.86. The Hall–Kier alpha value is -4.98. The minimum atomic E-state index is -0.741. The number of ether oxygens (including phenoxy) is 2. The topological polar surface area (TPSA) is 140 Å². The van der Waals surface area contributed by atoms with Gasteiger partial charge >= 0.3 is 0 Å². The van der Waals surface area contributed by atoms with Crippen LogP contribution in [0, 0.1) is 0 Å². The molecule has 0 unspecified atom stereocenters. The first-order valence-electron chi connectivity index (χ1n) is 11.1. The molecule has 8 heteroatoms. The molecule has 0 saturated heterocycles. The van der Waals surface area contributed by atoms with Crippen molar-refractivity contribution in [3.63, 3.8) is 0 Å². The predicted octanol–water partition coefficient (Wildman–Crippen LogP) is 5.32. The van der Waals surface area contributed by atoms with E-state index in [0.717, 1.165) is 11.6 Å². The molecule has 8 nitrogen and oxygen atoms in total. The van der Waals surface area contributed by atoms with Crippen LogP contribution in [-0.2, 0) is 0 Å². The molecule has 36 heavy (non-hydrogen) atoms. The molecule has 4 aromatic rings. The minimum Gasteiger partial charge on any atom is -0.508 e. The monoisotopic (exact) mass is 484 g/mol. The van der Waals surface area contributed by atoms with Crippen LogP contribution in [0.5, 0.6) is 46.0 Å². The molecule has 1 aliphatic heterocycles. The molecule has 0 radical (unpaired) electrons. The van der Waals surface area contributed by atoms with E-state index in [1.807, 2.05) is 6.07 Å². The Bertz CT molecular complexity index is 1550. The number of phenols is 6. The Morgan fingerprint density at radius 3 is 1.97 bits per heavy atom. The summed E-state index contributed by atoms with van der Waals surface area (Å²) in [6, 6.07) is 15.1. The average molecular weight is 484 g/mol. The van der Waals surface area contributed by atoms with Crippen LogP contribution in [-0.4, -0.2) is 30.6 Å². The fourth-order valence-electron chi connectivity index (χ4n) is 4.80. The molecule has 1 heterocycles. The van der Waals surface area contributed by atoms with Gasteiger partial charge in [-0.05, 0) is 47.5 Å². The van der Waals surface area contributed by atoms with Gasteiger partial charge in [0.05, 0.1) is 0 Å². The Morgan fingerprint density at radius 1 is 0.528 bits per heavy atom. The molecule has 0 saturated carbocycles. The Kier molecular flexibility index (Phi) is 4.65. The van der Waals surface area contributed by atoms with Gasteiger partial charge in [-0.15, -0.1) is 0 Å². The van der Waals surface area contributed by atoms with Crippen LogP contribution in [0.15, 0.2) is 60.7 Å². The summed E-state index contributed by atoms with van der Waals surface area (Å²) in [5, 5.41) is 60.9. The summed E-state index contributed by atoms with van der Waals surface area (Å²) in [4.78, 5) is 0. The molecular formula is C28H20O8. The second-order valence-electron chi connectivity index (χ2n) is 8.73. The third-order valence-electron chi connectivity index (χ3n) is 6.33. The van der Waals surface area contributed by atoms with Gasteiger partial charge in [-0.3, -0.25) is 0 Å². The van der Waals surface area contributed by atoms with Gasteiger partial charge in [0.1, 0.15) is 23.0 Å². The molecule has 6 N–H and O–H groups in total. The maximum Gasteiger partial charge on any atom is 0.166 e. The summed E-state index contributed by atoms with van der Waals surface area (Å²) in [6.45, 7) is 0. The summed E-state index contributed by atoms with van der Waals surface area (Å²) in [5.41, 5.74) is 2.73. The predicted molar refractivity (Wildman–Crippen MR) is 130 cm³/mol. The highest BCUT2D eigenvalue weighted by atomic mass is 16.6. The van der Waals surface area contributed by atoms with Crippen molar-refractivity contribution in [1.29, 1.82) is 0 Å². The summed E-state index contributed by atoms with van der Waals surface area (Å²) in [6.07, 6.45) is 2.04. The van der Waals surface area contributed by atoms with Crippen LogP contribution in [0.3, 0.4) is 0 Å². The van der Waals surface area contributed by atoms with Crippen molar-refractivity contribution in [3.8, 4) is 57.1 Å². The van der Waals surface area contributed by atoms with Gasteiger partial charge in [0.25, 0.3) is 0 Å². The van der Waals surface area contributed by atoms with E-state index in [2.05, 4.69) is 0 Å². The van der Waals surface area contributed by atoms with Crippen LogP contribution in [0.4, 0.5) is 0 Å². The average Bonchev–Trinajstić information content (AvgIpc) is 2.83. The molecule has 0 amide bonds. The zero-order chi connectivity index (χ0) is 25.1. The first-order valence-corrected chi connectivity index (χ1v) is 11.1. The van der Waals surface area contributed by atoms with E-state index in [1.165, 1.54) is 30.3 Å². The molecular weight excluding hydrogens is 464 g/mol. The lowest BCUT2D eigenvalue weighted by Gasteiger charge is -2.39. The molecule has 1 aliphatic carbocycles. The fraction of sp³-hybridized carbons (Fsp3) is 0.0714. The first kappa shape index (κ1) is 21.5. The van der Waals surface area contributed by atoms with E-state index in [-0.39, 0.29) is 39.9 Å². The fourth-order valence-corrected chi connectivity index (χ4v) is 4.80. The minimum absolute atomic E-state index is 0.0505. The number of hydrogen-bond donors (Lipinski definition) is 6. The maximum absolute atomic E-state index is 10.7. The van der Waals surface area contributed by atoms with Crippen LogP contribution in [0.25, 0.3) is 23.3 Å². The van der Waals surface area contributed by atoms with Crippen molar-refractivity contribution in [2.45, 2.75) is 12.2 Å². The van der Waals surface area contributed by atoms with Crippen molar-refractivity contribution >= 4 is 12.2 Å². The zero-order valence-electron chi connectivity index (χ0n) is 18.6. The standard InChI is InChI=1S/C28H20O8/c29-15-7-14(8-16(30)10-15)2-1-13-3-6-22-23(9-13)36-27-18-4-5-20(32)26(34)25(18)24-19(28(27)35-22)11-17(31)12-21(24)33/h1-12,27-34H/t27-,28-/m1/s1. The lowest BCUT2D eigenvalue weighted by molar-refractivity contribution is 0.0166. The molecule has 0 bridgehead atoms. The molecule has 6 rings (SSSR count). The maximum atomic E-state index is 10.7. The Labute approximate surface area is 204 Å². The lowest BCUT2D eigenvalue weighted by Crippen LogP contribution is -2.30. The molecule has 0 spiro atoms. The van der Waals surface area contributed by atoms with Crippen molar-refractivity contribution in [2.24, 2.45) is 0 Å². The normalized spacial score (nSPS) is 17.3. The van der Waals surface area contributed by atoms with E-state index < -0.39 is 18.0 Å². The number of phenolic OH excluding ortho intramolecular Hbond substituents is 6. The molecule has 0 fully saturated rings. The summed E-state index contributed by atoms with van der Waals surface area (Å²) in [5.74, 6) is -0.427. The summed E-state index contributed by atoms with van der Waals surface area (Å²) >= 11 is 0. The Balaban J connectivity index is 1.43. The number of rotatable bonds is 2. The smallest absolute Gasteiger partial charge is 0.166 e. The molecule has 180 valence electrons. The van der Waals surface area contributed by atoms with Gasteiger partial charge in [0.2, 0.25) is 0 Å². The van der Waals surface area contributed by atoms with E-state index in [0.29, 0.717) is 28.2 Å². The SMILES string of the molecule is Oc1cc(O)cc(C=Cc2ccc3c(c2)O[C@@H]2c4ccc(O)c(O)c4-c4c(O)cc(O)cc4[C@H]2O3)c1. The third-order valence-corrected chi connectivity index (χ3v) is 6.33. The van der Waals surface area contributed by atoms with Gasteiger partial charge in [-0.25, -0.2) is 0 Å². The van der Waals surface area contributed by atoms with Crippen LogP contribution in [0.1, 0.15) is 34.5 Å². The molecule has 2 aliphatic rings. The lowest BCUT2D eigenvalue weighted by atomic mass is 9.80. The first-order chi connectivity index (χ1) is 17.3. The van der Waals surface area contributed by atoms with Crippen LogP contribution >= 0.6 is 0 Å².